The average Bonchev–Trinajstić information content (AvgIpc) is 3.40. The summed E-state index contributed by atoms with van der Waals surface area (Å²) in [6.45, 7) is 0. The maximum atomic E-state index is 13.6. The molecule has 0 aliphatic heterocycles. The van der Waals surface area contributed by atoms with E-state index in [-0.39, 0.29) is 12.0 Å². The summed E-state index contributed by atoms with van der Waals surface area (Å²) in [5.74, 6) is 0.721. The van der Waals surface area contributed by atoms with Gasteiger partial charge in [0.15, 0.2) is 0 Å². The molecular formula is C29H25FN4O5. The van der Waals surface area contributed by atoms with Crippen LogP contribution < -0.4 is 10.3 Å². The summed E-state index contributed by atoms with van der Waals surface area (Å²) in [5, 5.41) is 13.4. The molecule has 198 valence electrons. The summed E-state index contributed by atoms with van der Waals surface area (Å²) in [6, 6.07) is 18.3. The van der Waals surface area contributed by atoms with Crippen LogP contribution in [0.4, 0.5) is 4.39 Å². The first kappa shape index (κ1) is 25.8. The fourth-order valence-corrected chi connectivity index (χ4v) is 4.32. The topological polar surface area (TPSA) is 120 Å². The number of aryl methyl sites for hydroxylation is 1. The third-order valence-corrected chi connectivity index (χ3v) is 6.31. The minimum absolute atomic E-state index is 0.0230. The Kier molecular flexibility index (Phi) is 7.44. The molecule has 39 heavy (non-hydrogen) atoms. The SMILES string of the molecule is COc1ccc(Cc2nc(-c3ccc4c(=O)n(-c5ccc(F)cc5)c(CCCCC(=O)O)nc4c3)no2)cc1. The van der Waals surface area contributed by atoms with Crippen molar-refractivity contribution in [3.05, 3.63) is 100 Å². The highest BCUT2D eigenvalue weighted by molar-refractivity contribution is 5.82. The lowest BCUT2D eigenvalue weighted by atomic mass is 10.1. The van der Waals surface area contributed by atoms with Crippen LogP contribution in [0.3, 0.4) is 0 Å². The molecule has 5 rings (SSSR count). The lowest BCUT2D eigenvalue weighted by Crippen LogP contribution is -2.24. The van der Waals surface area contributed by atoms with Gasteiger partial charge in [0.1, 0.15) is 17.4 Å². The Morgan fingerprint density at radius 1 is 1.03 bits per heavy atom. The molecule has 0 bridgehead atoms. The molecule has 2 heterocycles. The molecule has 0 aliphatic rings. The van der Waals surface area contributed by atoms with Crippen molar-refractivity contribution in [2.24, 2.45) is 0 Å². The van der Waals surface area contributed by atoms with Crippen molar-refractivity contribution in [1.82, 2.24) is 19.7 Å². The van der Waals surface area contributed by atoms with Gasteiger partial charge in [0.25, 0.3) is 5.56 Å². The number of hydrogen-bond acceptors (Lipinski definition) is 7. The Morgan fingerprint density at radius 2 is 1.79 bits per heavy atom. The molecule has 0 fully saturated rings. The van der Waals surface area contributed by atoms with Crippen LogP contribution in [-0.2, 0) is 17.6 Å². The van der Waals surface area contributed by atoms with Crippen molar-refractivity contribution >= 4 is 16.9 Å². The summed E-state index contributed by atoms with van der Waals surface area (Å²) >= 11 is 0. The third kappa shape index (κ3) is 5.85. The van der Waals surface area contributed by atoms with Crippen molar-refractivity contribution in [2.75, 3.05) is 7.11 Å². The van der Waals surface area contributed by atoms with Gasteiger partial charge in [0.05, 0.1) is 30.1 Å². The van der Waals surface area contributed by atoms with E-state index < -0.39 is 11.8 Å². The average molecular weight is 529 g/mol. The lowest BCUT2D eigenvalue weighted by Gasteiger charge is -2.14. The zero-order valence-corrected chi connectivity index (χ0v) is 21.1. The Bertz CT molecular complexity index is 1680. The molecule has 0 unspecified atom stereocenters. The first-order valence-electron chi connectivity index (χ1n) is 12.4. The van der Waals surface area contributed by atoms with Crippen molar-refractivity contribution in [2.45, 2.75) is 32.1 Å². The van der Waals surface area contributed by atoms with Crippen LogP contribution in [0.25, 0.3) is 28.0 Å². The maximum absolute atomic E-state index is 13.6. The lowest BCUT2D eigenvalue weighted by molar-refractivity contribution is -0.137. The van der Waals surface area contributed by atoms with Crippen molar-refractivity contribution in [3.63, 3.8) is 0 Å². The number of carbonyl (C=O) groups is 1. The first-order chi connectivity index (χ1) is 18.9. The summed E-state index contributed by atoms with van der Waals surface area (Å²) in [5.41, 5.74) is 2.25. The third-order valence-electron chi connectivity index (χ3n) is 6.31. The second kappa shape index (κ2) is 11.3. The Morgan fingerprint density at radius 3 is 2.51 bits per heavy atom. The quantitative estimate of drug-likeness (QED) is 0.252. The summed E-state index contributed by atoms with van der Waals surface area (Å²) < 4.78 is 25.6. The minimum atomic E-state index is -0.881. The van der Waals surface area contributed by atoms with E-state index in [0.717, 1.165) is 11.3 Å². The van der Waals surface area contributed by atoms with Gasteiger partial charge in [-0.25, -0.2) is 9.37 Å². The van der Waals surface area contributed by atoms with Crippen LogP contribution in [0.2, 0.25) is 0 Å². The van der Waals surface area contributed by atoms with Crippen LogP contribution in [0, 0.1) is 5.82 Å². The van der Waals surface area contributed by atoms with Gasteiger partial charge in [-0.05, 0) is 66.9 Å². The Labute approximate surface area is 222 Å². The number of nitrogens with zero attached hydrogens (tertiary/aromatic N) is 4. The van der Waals surface area contributed by atoms with Gasteiger partial charge in [-0.3, -0.25) is 14.2 Å². The number of unbranched alkanes of at least 4 members (excludes halogenated alkanes) is 1. The number of ether oxygens (including phenoxy) is 1. The van der Waals surface area contributed by atoms with Crippen LogP contribution in [0.15, 0.2) is 76.0 Å². The van der Waals surface area contributed by atoms with E-state index in [1.54, 1.807) is 25.3 Å². The molecule has 0 saturated heterocycles. The van der Waals surface area contributed by atoms with Crippen molar-refractivity contribution < 1.29 is 23.6 Å². The van der Waals surface area contributed by atoms with Crippen molar-refractivity contribution in [1.29, 1.82) is 0 Å². The molecule has 0 atom stereocenters. The number of aliphatic carboxylic acids is 1. The molecule has 0 aliphatic carbocycles. The van der Waals surface area contributed by atoms with E-state index >= 15 is 0 Å². The smallest absolute Gasteiger partial charge is 0.303 e. The summed E-state index contributed by atoms with van der Waals surface area (Å²) in [7, 11) is 1.61. The van der Waals surface area contributed by atoms with Gasteiger partial charge in [0.2, 0.25) is 11.7 Å². The van der Waals surface area contributed by atoms with E-state index in [1.165, 1.54) is 28.8 Å². The highest BCUT2D eigenvalue weighted by Crippen LogP contribution is 2.23. The van der Waals surface area contributed by atoms with E-state index in [0.29, 0.717) is 65.4 Å². The van der Waals surface area contributed by atoms with Gasteiger partial charge in [-0.1, -0.05) is 23.4 Å². The molecule has 2 aromatic heterocycles. The number of hydrogen-bond donors (Lipinski definition) is 1. The fourth-order valence-electron chi connectivity index (χ4n) is 4.32. The van der Waals surface area contributed by atoms with Gasteiger partial charge in [0, 0.05) is 18.4 Å². The minimum Gasteiger partial charge on any atom is -0.497 e. The van der Waals surface area contributed by atoms with Crippen LogP contribution in [0.5, 0.6) is 5.75 Å². The molecule has 0 saturated carbocycles. The zero-order valence-electron chi connectivity index (χ0n) is 21.1. The molecule has 5 aromatic rings. The molecule has 9 nitrogen and oxygen atoms in total. The normalized spacial score (nSPS) is 11.1. The molecule has 0 spiro atoms. The maximum Gasteiger partial charge on any atom is 0.303 e. The molecule has 1 N–H and O–H groups in total. The number of halogens is 1. The molecule has 0 radical (unpaired) electrons. The zero-order chi connectivity index (χ0) is 27.4. The van der Waals surface area contributed by atoms with Gasteiger partial charge < -0.3 is 14.4 Å². The Balaban J connectivity index is 1.48. The number of carboxylic acid groups (broad SMARTS) is 1. The fraction of sp³-hybridized carbons (Fsp3) is 0.207. The molecule has 0 amide bonds. The summed E-state index contributed by atoms with van der Waals surface area (Å²) in [4.78, 5) is 33.7. The first-order valence-corrected chi connectivity index (χ1v) is 12.4. The second-order valence-corrected chi connectivity index (χ2v) is 9.01. The van der Waals surface area contributed by atoms with Crippen molar-refractivity contribution in [3.8, 4) is 22.8 Å². The van der Waals surface area contributed by atoms with E-state index in [1.807, 2.05) is 24.3 Å². The van der Waals surface area contributed by atoms with E-state index in [2.05, 4.69) is 10.1 Å². The monoisotopic (exact) mass is 528 g/mol. The van der Waals surface area contributed by atoms with Crippen LogP contribution >= 0.6 is 0 Å². The number of benzene rings is 3. The van der Waals surface area contributed by atoms with E-state index in [9.17, 15) is 14.0 Å². The molecular weight excluding hydrogens is 503 g/mol. The van der Waals surface area contributed by atoms with E-state index in [4.69, 9.17) is 19.4 Å². The predicted molar refractivity (Wildman–Crippen MR) is 142 cm³/mol. The Hall–Kier alpha value is -4.86. The summed E-state index contributed by atoms with van der Waals surface area (Å²) in [6.07, 6.45) is 1.80. The molecule has 10 heteroatoms. The highest BCUT2D eigenvalue weighted by Gasteiger charge is 2.16. The highest BCUT2D eigenvalue weighted by atomic mass is 19.1. The number of fused-ring (bicyclic) bond motifs is 1. The second-order valence-electron chi connectivity index (χ2n) is 9.01. The van der Waals surface area contributed by atoms with Crippen LogP contribution in [0.1, 0.15) is 36.5 Å². The standard InChI is InChI=1S/C29H25FN4O5/c1-38-22-13-6-18(7-14-22)16-26-32-28(33-39-26)19-8-15-23-24(17-19)31-25(4-2-3-5-27(35)36)34(29(23)37)21-11-9-20(30)10-12-21/h6-15,17H,2-5,16H2,1H3,(H,35,36). The van der Waals surface area contributed by atoms with Crippen LogP contribution in [-0.4, -0.2) is 37.9 Å². The van der Waals surface area contributed by atoms with Gasteiger partial charge >= 0.3 is 5.97 Å². The van der Waals surface area contributed by atoms with Gasteiger partial charge in [-0.15, -0.1) is 0 Å². The number of carboxylic acids is 1. The largest absolute Gasteiger partial charge is 0.497 e. The van der Waals surface area contributed by atoms with Gasteiger partial charge in [-0.2, -0.15) is 4.98 Å². The molecule has 3 aromatic carbocycles. The number of methoxy groups -OCH3 is 1. The number of rotatable bonds is 10. The number of aromatic nitrogens is 4. The predicted octanol–water partition coefficient (Wildman–Crippen LogP) is 4.97.